The number of rotatable bonds is 7. The molecule has 0 saturated carbocycles. The highest BCUT2D eigenvalue weighted by atomic mass is 32.2. The van der Waals surface area contributed by atoms with Gasteiger partial charge in [0.25, 0.3) is 0 Å². The van der Waals surface area contributed by atoms with Crippen LogP contribution in [0.1, 0.15) is 32.2 Å². The van der Waals surface area contributed by atoms with Gasteiger partial charge in [-0.2, -0.15) is 16.9 Å². The number of methoxy groups -OCH3 is 1. The monoisotopic (exact) mass is 270 g/mol. The molecule has 0 bridgehead atoms. The molecule has 4 nitrogen and oxygen atoms in total. The molecule has 0 radical (unpaired) electrons. The molecular weight excluding hydrogens is 248 g/mol. The van der Waals surface area contributed by atoms with E-state index in [0.717, 1.165) is 30.2 Å². The molecule has 0 N–H and O–H groups in total. The molecule has 0 fully saturated rings. The van der Waals surface area contributed by atoms with Crippen LogP contribution in [0, 0.1) is 5.92 Å². The summed E-state index contributed by atoms with van der Waals surface area (Å²) in [5, 5.41) is 4.51. The third kappa shape index (κ3) is 4.05. The molecule has 0 amide bonds. The van der Waals surface area contributed by atoms with Crippen LogP contribution >= 0.6 is 11.8 Å². The fourth-order valence-corrected chi connectivity index (χ4v) is 2.74. The van der Waals surface area contributed by atoms with Gasteiger partial charge in [-0.05, 0) is 19.4 Å². The fourth-order valence-electron chi connectivity index (χ4n) is 1.69. The van der Waals surface area contributed by atoms with E-state index in [0.29, 0.717) is 0 Å². The minimum absolute atomic E-state index is 0.0522. The quantitative estimate of drug-likeness (QED) is 0.714. The second kappa shape index (κ2) is 7.46. The number of carbonyl (C=O) groups excluding carboxylic acids is 1. The van der Waals surface area contributed by atoms with Gasteiger partial charge in [0.05, 0.1) is 18.7 Å². The summed E-state index contributed by atoms with van der Waals surface area (Å²) in [6.07, 6.45) is 0.962. The molecule has 0 aliphatic carbocycles. The van der Waals surface area contributed by atoms with Crippen LogP contribution in [-0.4, -0.2) is 28.6 Å². The Morgan fingerprint density at radius 3 is 2.83 bits per heavy atom. The summed E-state index contributed by atoms with van der Waals surface area (Å²) in [5.74, 6) is 1.48. The Balaban J connectivity index is 2.48. The standard InChI is InChI=1S/C13H22N2O2S/c1-5-11-7-12(15(6-2)14-11)9-18-8-10(3)13(16)17-4/h7,10H,5-6,8-9H2,1-4H3. The van der Waals surface area contributed by atoms with Gasteiger partial charge in [-0.1, -0.05) is 13.8 Å². The van der Waals surface area contributed by atoms with Gasteiger partial charge in [-0.15, -0.1) is 0 Å². The zero-order chi connectivity index (χ0) is 13.5. The third-order valence-corrected chi connectivity index (χ3v) is 4.03. The van der Waals surface area contributed by atoms with Crippen LogP contribution in [0.2, 0.25) is 0 Å². The SMILES string of the molecule is CCc1cc(CSCC(C)C(=O)OC)n(CC)n1. The number of aryl methyl sites for hydroxylation is 2. The van der Waals surface area contributed by atoms with E-state index in [2.05, 4.69) is 25.0 Å². The first-order chi connectivity index (χ1) is 8.62. The Morgan fingerprint density at radius 2 is 2.28 bits per heavy atom. The molecule has 5 heteroatoms. The van der Waals surface area contributed by atoms with Crippen LogP contribution in [0.15, 0.2) is 6.07 Å². The van der Waals surface area contributed by atoms with Crippen molar-refractivity contribution < 1.29 is 9.53 Å². The highest BCUT2D eigenvalue weighted by Crippen LogP contribution is 2.17. The van der Waals surface area contributed by atoms with Crippen molar-refractivity contribution in [2.45, 2.75) is 39.5 Å². The number of nitrogens with zero attached hydrogens (tertiary/aromatic N) is 2. The van der Waals surface area contributed by atoms with E-state index in [-0.39, 0.29) is 11.9 Å². The molecule has 1 aromatic rings. The number of hydrogen-bond donors (Lipinski definition) is 0. The summed E-state index contributed by atoms with van der Waals surface area (Å²) in [6, 6.07) is 2.15. The topological polar surface area (TPSA) is 44.1 Å². The van der Waals surface area contributed by atoms with Crippen molar-refractivity contribution in [3.8, 4) is 0 Å². The van der Waals surface area contributed by atoms with E-state index in [1.54, 1.807) is 11.8 Å². The fraction of sp³-hybridized carbons (Fsp3) is 0.692. The van der Waals surface area contributed by atoms with Gasteiger partial charge in [0.2, 0.25) is 0 Å². The molecular formula is C13H22N2O2S. The molecule has 0 aliphatic heterocycles. The van der Waals surface area contributed by atoms with Crippen molar-refractivity contribution in [1.29, 1.82) is 0 Å². The normalized spacial score (nSPS) is 12.4. The van der Waals surface area contributed by atoms with Crippen molar-refractivity contribution in [2.75, 3.05) is 12.9 Å². The first-order valence-electron chi connectivity index (χ1n) is 6.33. The lowest BCUT2D eigenvalue weighted by molar-refractivity contribution is -0.143. The molecule has 0 saturated heterocycles. The zero-order valence-corrected chi connectivity index (χ0v) is 12.4. The number of thioether (sulfide) groups is 1. The molecule has 1 unspecified atom stereocenters. The Labute approximate surface area is 113 Å². The lowest BCUT2D eigenvalue weighted by Gasteiger charge is -2.09. The first kappa shape index (κ1) is 15.1. The summed E-state index contributed by atoms with van der Waals surface area (Å²) in [4.78, 5) is 11.3. The van der Waals surface area contributed by atoms with Crippen LogP contribution < -0.4 is 0 Å². The Morgan fingerprint density at radius 1 is 1.56 bits per heavy atom. The van der Waals surface area contributed by atoms with E-state index in [9.17, 15) is 4.79 Å². The maximum absolute atomic E-state index is 11.3. The van der Waals surface area contributed by atoms with Crippen LogP contribution in [-0.2, 0) is 28.2 Å². The maximum Gasteiger partial charge on any atom is 0.309 e. The van der Waals surface area contributed by atoms with Gasteiger partial charge >= 0.3 is 5.97 Å². The summed E-state index contributed by atoms with van der Waals surface area (Å²) >= 11 is 1.75. The number of hydrogen-bond acceptors (Lipinski definition) is 4. The number of ether oxygens (including phenoxy) is 1. The predicted octanol–water partition coefficient (Wildman–Crippen LogP) is 2.51. The minimum atomic E-state index is -0.138. The van der Waals surface area contributed by atoms with Crippen LogP contribution in [0.4, 0.5) is 0 Å². The number of carbonyl (C=O) groups is 1. The molecule has 1 heterocycles. The molecule has 1 aromatic heterocycles. The number of aromatic nitrogens is 2. The second-order valence-electron chi connectivity index (χ2n) is 4.24. The average Bonchev–Trinajstić information content (AvgIpc) is 2.80. The molecule has 0 spiro atoms. The molecule has 18 heavy (non-hydrogen) atoms. The Hall–Kier alpha value is -0.970. The molecule has 0 aromatic carbocycles. The van der Waals surface area contributed by atoms with Gasteiger partial charge in [-0.3, -0.25) is 9.48 Å². The average molecular weight is 270 g/mol. The summed E-state index contributed by atoms with van der Waals surface area (Å²) in [7, 11) is 1.43. The lowest BCUT2D eigenvalue weighted by atomic mass is 10.2. The lowest BCUT2D eigenvalue weighted by Crippen LogP contribution is -2.15. The minimum Gasteiger partial charge on any atom is -0.469 e. The second-order valence-corrected chi connectivity index (χ2v) is 5.27. The van der Waals surface area contributed by atoms with Crippen LogP contribution in [0.25, 0.3) is 0 Å². The molecule has 1 rings (SSSR count). The van der Waals surface area contributed by atoms with Crippen molar-refractivity contribution in [3.63, 3.8) is 0 Å². The summed E-state index contributed by atoms with van der Waals surface area (Å²) < 4.78 is 6.75. The first-order valence-corrected chi connectivity index (χ1v) is 7.48. The Kier molecular flexibility index (Phi) is 6.25. The molecule has 102 valence electrons. The van der Waals surface area contributed by atoms with Gasteiger partial charge in [0.1, 0.15) is 0 Å². The van der Waals surface area contributed by atoms with Crippen molar-refractivity contribution >= 4 is 17.7 Å². The summed E-state index contributed by atoms with van der Waals surface area (Å²) in [5.41, 5.74) is 2.37. The highest BCUT2D eigenvalue weighted by Gasteiger charge is 2.13. The van der Waals surface area contributed by atoms with E-state index in [1.165, 1.54) is 12.8 Å². The molecule has 1 atom stereocenters. The highest BCUT2D eigenvalue weighted by molar-refractivity contribution is 7.98. The smallest absolute Gasteiger partial charge is 0.309 e. The van der Waals surface area contributed by atoms with Gasteiger partial charge in [0.15, 0.2) is 0 Å². The van der Waals surface area contributed by atoms with Crippen molar-refractivity contribution in [2.24, 2.45) is 5.92 Å². The van der Waals surface area contributed by atoms with Crippen molar-refractivity contribution in [1.82, 2.24) is 9.78 Å². The van der Waals surface area contributed by atoms with Gasteiger partial charge in [-0.25, -0.2) is 0 Å². The summed E-state index contributed by atoms with van der Waals surface area (Å²) in [6.45, 7) is 6.99. The van der Waals surface area contributed by atoms with Crippen molar-refractivity contribution in [3.05, 3.63) is 17.5 Å². The largest absolute Gasteiger partial charge is 0.469 e. The van der Waals surface area contributed by atoms with Crippen LogP contribution in [0.3, 0.4) is 0 Å². The van der Waals surface area contributed by atoms with Crippen LogP contribution in [0.5, 0.6) is 0 Å². The predicted molar refractivity (Wildman–Crippen MR) is 74.6 cm³/mol. The Bertz CT molecular complexity index is 390. The van der Waals surface area contributed by atoms with Gasteiger partial charge < -0.3 is 4.74 Å². The third-order valence-electron chi connectivity index (χ3n) is 2.80. The molecule has 0 aliphatic rings. The van der Waals surface area contributed by atoms with E-state index in [4.69, 9.17) is 4.74 Å². The van der Waals surface area contributed by atoms with E-state index < -0.39 is 0 Å². The van der Waals surface area contributed by atoms with Gasteiger partial charge in [0, 0.05) is 23.7 Å². The number of esters is 1. The van der Waals surface area contributed by atoms with E-state index >= 15 is 0 Å². The van der Waals surface area contributed by atoms with E-state index in [1.807, 2.05) is 11.6 Å². The maximum atomic E-state index is 11.3. The zero-order valence-electron chi connectivity index (χ0n) is 11.6.